The number of ether oxygens (including phenoxy) is 1. The maximum Gasteiger partial charge on any atom is 0.254 e. The Kier molecular flexibility index (Phi) is 5.46. The SMILES string of the molecule is CC(NC(=O)c1cccc(C(=O)N2CCOCC2)c1)c1ccccc1. The van der Waals surface area contributed by atoms with Gasteiger partial charge in [0.05, 0.1) is 19.3 Å². The lowest BCUT2D eigenvalue weighted by atomic mass is 10.1. The minimum atomic E-state index is -0.187. The monoisotopic (exact) mass is 338 g/mol. The molecular weight excluding hydrogens is 316 g/mol. The van der Waals surface area contributed by atoms with Gasteiger partial charge in [0.1, 0.15) is 0 Å². The fraction of sp³-hybridized carbons (Fsp3) is 0.300. The summed E-state index contributed by atoms with van der Waals surface area (Å²) in [6.45, 7) is 4.22. The van der Waals surface area contributed by atoms with E-state index in [2.05, 4.69) is 5.32 Å². The van der Waals surface area contributed by atoms with E-state index in [1.807, 2.05) is 37.3 Å². The van der Waals surface area contributed by atoms with Gasteiger partial charge in [-0.2, -0.15) is 0 Å². The van der Waals surface area contributed by atoms with Gasteiger partial charge in [0.2, 0.25) is 0 Å². The number of hydrogen-bond acceptors (Lipinski definition) is 3. The Bertz CT molecular complexity index is 740. The molecule has 5 heteroatoms. The van der Waals surface area contributed by atoms with Gasteiger partial charge in [-0.3, -0.25) is 9.59 Å². The molecule has 1 aliphatic heterocycles. The Morgan fingerprint density at radius 1 is 1.00 bits per heavy atom. The topological polar surface area (TPSA) is 58.6 Å². The van der Waals surface area contributed by atoms with Crippen LogP contribution in [0.15, 0.2) is 54.6 Å². The molecule has 1 aliphatic rings. The highest BCUT2D eigenvalue weighted by Crippen LogP contribution is 2.14. The highest BCUT2D eigenvalue weighted by molar-refractivity contribution is 5.99. The first-order valence-electron chi connectivity index (χ1n) is 8.48. The van der Waals surface area contributed by atoms with Gasteiger partial charge in [-0.05, 0) is 30.7 Å². The van der Waals surface area contributed by atoms with Gasteiger partial charge in [0.15, 0.2) is 0 Å². The molecule has 1 atom stereocenters. The first kappa shape index (κ1) is 17.2. The molecule has 1 unspecified atom stereocenters. The van der Waals surface area contributed by atoms with Crippen LogP contribution in [-0.4, -0.2) is 43.0 Å². The molecule has 25 heavy (non-hydrogen) atoms. The molecule has 2 aromatic rings. The third-order valence-electron chi connectivity index (χ3n) is 4.32. The van der Waals surface area contributed by atoms with E-state index in [1.165, 1.54) is 0 Å². The smallest absolute Gasteiger partial charge is 0.254 e. The van der Waals surface area contributed by atoms with E-state index in [-0.39, 0.29) is 17.9 Å². The predicted octanol–water partition coefficient (Wildman–Crippen LogP) is 2.65. The van der Waals surface area contributed by atoms with E-state index in [1.54, 1.807) is 29.2 Å². The zero-order valence-electron chi connectivity index (χ0n) is 14.3. The Balaban J connectivity index is 1.70. The van der Waals surface area contributed by atoms with E-state index < -0.39 is 0 Å². The Labute approximate surface area is 147 Å². The summed E-state index contributed by atoms with van der Waals surface area (Å²) in [5, 5.41) is 2.97. The summed E-state index contributed by atoms with van der Waals surface area (Å²) in [6, 6.07) is 16.6. The van der Waals surface area contributed by atoms with Crippen molar-refractivity contribution in [2.75, 3.05) is 26.3 Å². The van der Waals surface area contributed by atoms with Crippen LogP contribution in [0.5, 0.6) is 0 Å². The van der Waals surface area contributed by atoms with Crippen molar-refractivity contribution in [3.63, 3.8) is 0 Å². The number of amides is 2. The van der Waals surface area contributed by atoms with Crippen LogP contribution in [0.4, 0.5) is 0 Å². The molecule has 1 heterocycles. The number of hydrogen-bond donors (Lipinski definition) is 1. The molecule has 0 radical (unpaired) electrons. The standard InChI is InChI=1S/C20H22N2O3/c1-15(16-6-3-2-4-7-16)21-19(23)17-8-5-9-18(14-17)20(24)22-10-12-25-13-11-22/h2-9,14-15H,10-13H2,1H3,(H,21,23). The van der Waals surface area contributed by atoms with Crippen molar-refractivity contribution in [1.82, 2.24) is 10.2 Å². The third-order valence-corrected chi connectivity index (χ3v) is 4.32. The fourth-order valence-corrected chi connectivity index (χ4v) is 2.85. The zero-order chi connectivity index (χ0) is 17.6. The van der Waals surface area contributed by atoms with E-state index in [9.17, 15) is 9.59 Å². The van der Waals surface area contributed by atoms with Gasteiger partial charge in [0, 0.05) is 24.2 Å². The average Bonchev–Trinajstić information content (AvgIpc) is 2.68. The van der Waals surface area contributed by atoms with Crippen LogP contribution in [0.1, 0.15) is 39.2 Å². The number of carbonyl (C=O) groups is 2. The van der Waals surface area contributed by atoms with Crippen LogP contribution in [0.2, 0.25) is 0 Å². The van der Waals surface area contributed by atoms with Crippen molar-refractivity contribution >= 4 is 11.8 Å². The molecule has 3 rings (SSSR count). The Morgan fingerprint density at radius 2 is 1.68 bits per heavy atom. The zero-order valence-corrected chi connectivity index (χ0v) is 14.3. The van der Waals surface area contributed by atoms with Gasteiger partial charge in [-0.1, -0.05) is 36.4 Å². The van der Waals surface area contributed by atoms with Gasteiger partial charge in [0.25, 0.3) is 11.8 Å². The van der Waals surface area contributed by atoms with E-state index in [0.717, 1.165) is 5.56 Å². The number of nitrogens with zero attached hydrogens (tertiary/aromatic N) is 1. The summed E-state index contributed by atoms with van der Waals surface area (Å²) in [5.41, 5.74) is 2.06. The lowest BCUT2D eigenvalue weighted by Gasteiger charge is -2.27. The fourth-order valence-electron chi connectivity index (χ4n) is 2.85. The summed E-state index contributed by atoms with van der Waals surface area (Å²) >= 11 is 0. The van der Waals surface area contributed by atoms with Gasteiger partial charge in [-0.15, -0.1) is 0 Å². The molecule has 0 spiro atoms. The maximum atomic E-state index is 12.6. The second-order valence-electron chi connectivity index (χ2n) is 6.09. The van der Waals surface area contributed by atoms with Crippen molar-refractivity contribution in [2.24, 2.45) is 0 Å². The number of nitrogens with one attached hydrogen (secondary N) is 1. The molecule has 1 saturated heterocycles. The second-order valence-corrected chi connectivity index (χ2v) is 6.09. The average molecular weight is 338 g/mol. The lowest BCUT2D eigenvalue weighted by Crippen LogP contribution is -2.40. The molecule has 1 fully saturated rings. The number of morpholine rings is 1. The maximum absolute atomic E-state index is 12.6. The molecule has 0 bridgehead atoms. The van der Waals surface area contributed by atoms with Crippen molar-refractivity contribution in [3.8, 4) is 0 Å². The molecule has 2 aromatic carbocycles. The Hall–Kier alpha value is -2.66. The molecular formula is C20H22N2O3. The van der Waals surface area contributed by atoms with Gasteiger partial charge in [-0.25, -0.2) is 0 Å². The van der Waals surface area contributed by atoms with Gasteiger partial charge >= 0.3 is 0 Å². The van der Waals surface area contributed by atoms with Crippen molar-refractivity contribution in [2.45, 2.75) is 13.0 Å². The second kappa shape index (κ2) is 7.94. The van der Waals surface area contributed by atoms with Crippen LogP contribution < -0.4 is 5.32 Å². The van der Waals surface area contributed by atoms with E-state index in [0.29, 0.717) is 37.4 Å². The molecule has 130 valence electrons. The van der Waals surface area contributed by atoms with E-state index in [4.69, 9.17) is 4.74 Å². The predicted molar refractivity (Wildman–Crippen MR) is 95.5 cm³/mol. The van der Waals surface area contributed by atoms with Crippen molar-refractivity contribution in [3.05, 3.63) is 71.3 Å². The molecule has 0 aromatic heterocycles. The number of rotatable bonds is 4. The Morgan fingerprint density at radius 3 is 2.40 bits per heavy atom. The van der Waals surface area contributed by atoms with Gasteiger partial charge < -0.3 is 15.0 Å². The van der Waals surface area contributed by atoms with Crippen LogP contribution >= 0.6 is 0 Å². The largest absolute Gasteiger partial charge is 0.378 e. The summed E-state index contributed by atoms with van der Waals surface area (Å²) in [5.74, 6) is -0.248. The highest BCUT2D eigenvalue weighted by Gasteiger charge is 2.20. The molecule has 5 nitrogen and oxygen atoms in total. The third kappa shape index (κ3) is 4.25. The summed E-state index contributed by atoms with van der Waals surface area (Å²) in [4.78, 5) is 26.8. The first-order chi connectivity index (χ1) is 12.1. The molecule has 0 saturated carbocycles. The quantitative estimate of drug-likeness (QED) is 0.932. The minimum Gasteiger partial charge on any atom is -0.378 e. The van der Waals surface area contributed by atoms with Crippen molar-refractivity contribution in [1.29, 1.82) is 0 Å². The number of carbonyl (C=O) groups excluding carboxylic acids is 2. The lowest BCUT2D eigenvalue weighted by molar-refractivity contribution is 0.0303. The van der Waals surface area contributed by atoms with Crippen LogP contribution in [-0.2, 0) is 4.74 Å². The van der Waals surface area contributed by atoms with Crippen LogP contribution in [0.25, 0.3) is 0 Å². The molecule has 1 N–H and O–H groups in total. The normalized spacial score (nSPS) is 15.5. The first-order valence-corrected chi connectivity index (χ1v) is 8.48. The summed E-state index contributed by atoms with van der Waals surface area (Å²) in [6.07, 6.45) is 0. The summed E-state index contributed by atoms with van der Waals surface area (Å²) in [7, 11) is 0. The van der Waals surface area contributed by atoms with E-state index >= 15 is 0 Å². The van der Waals surface area contributed by atoms with Crippen LogP contribution in [0.3, 0.4) is 0 Å². The highest BCUT2D eigenvalue weighted by atomic mass is 16.5. The minimum absolute atomic E-state index is 0.0611. The summed E-state index contributed by atoms with van der Waals surface area (Å²) < 4.78 is 5.28. The van der Waals surface area contributed by atoms with Crippen molar-refractivity contribution < 1.29 is 14.3 Å². The molecule has 2 amide bonds. The number of benzene rings is 2. The van der Waals surface area contributed by atoms with Crippen LogP contribution in [0, 0.1) is 0 Å². The molecule has 0 aliphatic carbocycles.